The molecule has 4 aromatic carbocycles. The fraction of sp³-hybridized carbons (Fsp3) is 0.0690. The fourth-order valence-electron chi connectivity index (χ4n) is 4.30. The zero-order valence-corrected chi connectivity index (χ0v) is 21.1. The monoisotopic (exact) mass is 525 g/mol. The second kappa shape index (κ2) is 9.60. The number of nitrogens with one attached hydrogen (secondary N) is 1. The molecule has 2 aromatic heterocycles. The molecule has 9 heteroatoms. The van der Waals surface area contributed by atoms with E-state index in [0.717, 1.165) is 16.2 Å². The summed E-state index contributed by atoms with van der Waals surface area (Å²) in [7, 11) is 3.15. The molecule has 2 heterocycles. The first-order valence-corrected chi connectivity index (χ1v) is 12.4. The number of amides is 1. The highest BCUT2D eigenvalue weighted by atomic mass is 32.1. The Bertz CT molecular complexity index is 1850. The van der Waals surface area contributed by atoms with Crippen LogP contribution >= 0.6 is 11.3 Å². The number of methoxy groups -OCH3 is 2. The lowest BCUT2D eigenvalue weighted by molar-refractivity contribution is 0.102. The molecule has 0 aliphatic carbocycles. The van der Waals surface area contributed by atoms with Gasteiger partial charge in [0.2, 0.25) is 0 Å². The van der Waals surface area contributed by atoms with E-state index in [4.69, 9.17) is 14.2 Å². The lowest BCUT2D eigenvalue weighted by Crippen LogP contribution is -2.12. The highest BCUT2D eigenvalue weighted by Gasteiger charge is 2.15. The summed E-state index contributed by atoms with van der Waals surface area (Å²) in [4.78, 5) is 21.9. The van der Waals surface area contributed by atoms with E-state index in [9.17, 15) is 9.18 Å². The number of thiazole rings is 1. The molecule has 0 atom stereocenters. The summed E-state index contributed by atoms with van der Waals surface area (Å²) in [5.74, 6) is 1.72. The first kappa shape index (κ1) is 23.6. The Balaban J connectivity index is 1.30. The van der Waals surface area contributed by atoms with Crippen LogP contribution in [0.2, 0.25) is 0 Å². The number of benzene rings is 4. The van der Waals surface area contributed by atoms with Crippen LogP contribution in [0, 0.1) is 5.82 Å². The first-order chi connectivity index (χ1) is 18.5. The van der Waals surface area contributed by atoms with Crippen LogP contribution in [0.5, 0.6) is 23.0 Å². The van der Waals surface area contributed by atoms with Crippen molar-refractivity contribution in [3.05, 3.63) is 90.4 Å². The molecule has 1 N–H and O–H groups in total. The molecule has 6 aromatic rings. The summed E-state index contributed by atoms with van der Waals surface area (Å²) in [5, 5.41) is 5.61. The smallest absolute Gasteiger partial charge is 0.258 e. The molecule has 1 amide bonds. The van der Waals surface area contributed by atoms with Crippen molar-refractivity contribution in [3.8, 4) is 23.0 Å². The van der Waals surface area contributed by atoms with Gasteiger partial charge in [-0.15, -0.1) is 0 Å². The maximum atomic E-state index is 13.5. The van der Waals surface area contributed by atoms with Gasteiger partial charge in [0.1, 0.15) is 17.3 Å². The average molecular weight is 526 g/mol. The average Bonchev–Trinajstić information content (AvgIpc) is 3.33. The maximum absolute atomic E-state index is 13.5. The third-order valence-electron chi connectivity index (χ3n) is 6.10. The standard InChI is InChI=1S/C29H20FN3O4S/c1-35-25-14-21-23(15-26(25)36-2)31-11-10-24(21)37-18-7-8-19-16(12-18)4-3-5-20(19)28(34)33-29-32-22-9-6-17(30)13-27(22)38-29/h3-15H,1-2H3,(H,32,33,34). The number of halogens is 1. The van der Waals surface area contributed by atoms with E-state index in [1.54, 1.807) is 44.7 Å². The van der Waals surface area contributed by atoms with Crippen molar-refractivity contribution in [1.29, 1.82) is 0 Å². The molecule has 188 valence electrons. The van der Waals surface area contributed by atoms with E-state index in [1.807, 2.05) is 36.4 Å². The molecule has 0 aliphatic rings. The van der Waals surface area contributed by atoms with E-state index < -0.39 is 0 Å². The molecular formula is C29H20FN3O4S. The molecular weight excluding hydrogens is 505 g/mol. The second-order valence-corrected chi connectivity index (χ2v) is 9.44. The maximum Gasteiger partial charge on any atom is 0.258 e. The van der Waals surface area contributed by atoms with Crippen LogP contribution in [0.3, 0.4) is 0 Å². The van der Waals surface area contributed by atoms with Crippen molar-refractivity contribution in [2.24, 2.45) is 0 Å². The van der Waals surface area contributed by atoms with Crippen LogP contribution in [-0.4, -0.2) is 30.1 Å². The number of ether oxygens (including phenoxy) is 3. The van der Waals surface area contributed by atoms with Gasteiger partial charge < -0.3 is 14.2 Å². The summed E-state index contributed by atoms with van der Waals surface area (Å²) in [6.07, 6.45) is 1.67. The Morgan fingerprint density at radius 2 is 1.71 bits per heavy atom. The van der Waals surface area contributed by atoms with Gasteiger partial charge in [0.05, 0.1) is 30.0 Å². The van der Waals surface area contributed by atoms with Gasteiger partial charge in [-0.2, -0.15) is 0 Å². The van der Waals surface area contributed by atoms with Crippen molar-refractivity contribution in [2.75, 3.05) is 19.5 Å². The van der Waals surface area contributed by atoms with E-state index >= 15 is 0 Å². The fourth-order valence-corrected chi connectivity index (χ4v) is 5.19. The van der Waals surface area contributed by atoms with Gasteiger partial charge in [0.15, 0.2) is 16.6 Å². The predicted octanol–water partition coefficient (Wildman–Crippen LogP) is 7.20. The summed E-state index contributed by atoms with van der Waals surface area (Å²) < 4.78 is 31.3. The number of hydrogen-bond donors (Lipinski definition) is 1. The number of fused-ring (bicyclic) bond motifs is 3. The predicted molar refractivity (Wildman–Crippen MR) is 146 cm³/mol. The lowest BCUT2D eigenvalue weighted by Gasteiger charge is -2.13. The second-order valence-electron chi connectivity index (χ2n) is 8.41. The summed E-state index contributed by atoms with van der Waals surface area (Å²) in [6.45, 7) is 0. The largest absolute Gasteiger partial charge is 0.493 e. The topological polar surface area (TPSA) is 82.6 Å². The third-order valence-corrected chi connectivity index (χ3v) is 7.04. The van der Waals surface area contributed by atoms with E-state index in [2.05, 4.69) is 15.3 Å². The van der Waals surface area contributed by atoms with E-state index in [0.29, 0.717) is 49.4 Å². The number of carbonyl (C=O) groups is 1. The van der Waals surface area contributed by atoms with Gasteiger partial charge >= 0.3 is 0 Å². The number of anilines is 1. The molecule has 0 saturated carbocycles. The molecule has 0 unspecified atom stereocenters. The molecule has 0 radical (unpaired) electrons. The van der Waals surface area contributed by atoms with Gasteiger partial charge in [-0.05, 0) is 65.4 Å². The molecule has 0 saturated heterocycles. The van der Waals surface area contributed by atoms with Crippen LogP contribution in [0.25, 0.3) is 31.9 Å². The highest BCUT2D eigenvalue weighted by Crippen LogP contribution is 2.37. The van der Waals surface area contributed by atoms with E-state index in [1.165, 1.54) is 23.5 Å². The zero-order valence-electron chi connectivity index (χ0n) is 20.3. The minimum Gasteiger partial charge on any atom is -0.493 e. The zero-order chi connectivity index (χ0) is 26.2. The third kappa shape index (κ3) is 4.33. The summed E-state index contributed by atoms with van der Waals surface area (Å²) >= 11 is 1.22. The molecule has 0 aliphatic heterocycles. The SMILES string of the molecule is COc1cc2nccc(Oc3ccc4c(C(=O)Nc5nc6ccc(F)cc6s5)cccc4c3)c2cc1OC. The van der Waals surface area contributed by atoms with Crippen molar-refractivity contribution in [2.45, 2.75) is 0 Å². The van der Waals surface area contributed by atoms with Crippen LogP contribution in [-0.2, 0) is 0 Å². The number of hydrogen-bond acceptors (Lipinski definition) is 7. The highest BCUT2D eigenvalue weighted by molar-refractivity contribution is 7.22. The van der Waals surface area contributed by atoms with Gasteiger partial charge in [-0.3, -0.25) is 15.1 Å². The minimum atomic E-state index is -0.343. The Labute approximate surface area is 220 Å². The van der Waals surface area contributed by atoms with Crippen molar-refractivity contribution in [1.82, 2.24) is 9.97 Å². The number of rotatable bonds is 6. The number of aromatic nitrogens is 2. The molecule has 38 heavy (non-hydrogen) atoms. The Morgan fingerprint density at radius 3 is 2.55 bits per heavy atom. The van der Waals surface area contributed by atoms with Gasteiger partial charge in [-0.1, -0.05) is 23.5 Å². The number of pyridine rings is 1. The lowest BCUT2D eigenvalue weighted by atomic mass is 10.0. The van der Waals surface area contributed by atoms with Crippen molar-refractivity contribution in [3.63, 3.8) is 0 Å². The molecule has 0 fully saturated rings. The Morgan fingerprint density at radius 1 is 0.868 bits per heavy atom. The molecule has 6 rings (SSSR count). The number of carbonyl (C=O) groups excluding carboxylic acids is 1. The number of nitrogens with zero attached hydrogens (tertiary/aromatic N) is 2. The minimum absolute atomic E-state index is 0.301. The van der Waals surface area contributed by atoms with Crippen LogP contribution in [0.4, 0.5) is 9.52 Å². The van der Waals surface area contributed by atoms with Crippen molar-refractivity contribution >= 4 is 54.3 Å². The quantitative estimate of drug-likeness (QED) is 0.248. The molecule has 0 bridgehead atoms. The summed E-state index contributed by atoms with van der Waals surface area (Å²) in [5.41, 5.74) is 1.83. The van der Waals surface area contributed by atoms with Crippen LogP contribution in [0.1, 0.15) is 10.4 Å². The van der Waals surface area contributed by atoms with Crippen LogP contribution in [0.15, 0.2) is 79.0 Å². The molecule has 7 nitrogen and oxygen atoms in total. The Hall–Kier alpha value is -4.76. The normalized spacial score (nSPS) is 11.1. The van der Waals surface area contributed by atoms with Crippen LogP contribution < -0.4 is 19.5 Å². The Kier molecular flexibility index (Phi) is 5.97. The summed E-state index contributed by atoms with van der Waals surface area (Å²) in [6, 6.07) is 20.8. The first-order valence-electron chi connectivity index (χ1n) is 11.6. The molecule has 0 spiro atoms. The van der Waals surface area contributed by atoms with Gasteiger partial charge in [0.25, 0.3) is 5.91 Å². The van der Waals surface area contributed by atoms with Crippen molar-refractivity contribution < 1.29 is 23.4 Å². The van der Waals surface area contributed by atoms with Gasteiger partial charge in [0, 0.05) is 23.2 Å². The van der Waals surface area contributed by atoms with E-state index in [-0.39, 0.29) is 11.7 Å². The van der Waals surface area contributed by atoms with Gasteiger partial charge in [-0.25, -0.2) is 9.37 Å².